The molecule has 0 bridgehead atoms. The Kier molecular flexibility index (Phi) is 4.65. The van der Waals surface area contributed by atoms with Gasteiger partial charge in [-0.25, -0.2) is 23.7 Å². The quantitative estimate of drug-likeness (QED) is 0.527. The van der Waals surface area contributed by atoms with Gasteiger partial charge in [0.2, 0.25) is 11.6 Å². The summed E-state index contributed by atoms with van der Waals surface area (Å²) in [6.45, 7) is 1.83. The van der Waals surface area contributed by atoms with Crippen LogP contribution in [-0.2, 0) is 0 Å². The Morgan fingerprint density at radius 1 is 1.04 bits per heavy atom. The maximum Gasteiger partial charge on any atom is 0.353 e. The van der Waals surface area contributed by atoms with Crippen molar-refractivity contribution in [2.45, 2.75) is 6.92 Å². The van der Waals surface area contributed by atoms with E-state index in [4.69, 9.17) is 0 Å². The molecular formula is C16H12F2N6O2. The van der Waals surface area contributed by atoms with E-state index in [9.17, 15) is 18.9 Å². The van der Waals surface area contributed by atoms with Crippen LogP contribution < -0.4 is 10.6 Å². The zero-order chi connectivity index (χ0) is 18.7. The maximum absolute atomic E-state index is 13.8. The molecule has 10 heteroatoms. The number of nitrogens with one attached hydrogen (secondary N) is 2. The van der Waals surface area contributed by atoms with Gasteiger partial charge in [-0.1, -0.05) is 0 Å². The van der Waals surface area contributed by atoms with Gasteiger partial charge in [-0.05, 0) is 36.8 Å². The second kappa shape index (κ2) is 7.05. The smallest absolute Gasteiger partial charge is 0.332 e. The Labute approximate surface area is 146 Å². The van der Waals surface area contributed by atoms with Crippen LogP contribution in [0.5, 0.6) is 0 Å². The molecule has 26 heavy (non-hydrogen) atoms. The number of rotatable bonds is 5. The Morgan fingerprint density at radius 3 is 2.46 bits per heavy atom. The maximum atomic E-state index is 13.8. The van der Waals surface area contributed by atoms with Crippen LogP contribution in [0.1, 0.15) is 5.56 Å². The monoisotopic (exact) mass is 358 g/mol. The van der Waals surface area contributed by atoms with Crippen LogP contribution in [0.15, 0.2) is 42.9 Å². The Bertz CT molecular complexity index is 983. The first-order valence-corrected chi connectivity index (χ1v) is 7.35. The van der Waals surface area contributed by atoms with Crippen molar-refractivity contribution >= 4 is 28.8 Å². The summed E-state index contributed by atoms with van der Waals surface area (Å²) in [7, 11) is 0. The fourth-order valence-electron chi connectivity index (χ4n) is 2.18. The Morgan fingerprint density at radius 2 is 1.77 bits per heavy atom. The molecular weight excluding hydrogens is 346 g/mol. The molecule has 8 nitrogen and oxygen atoms in total. The predicted octanol–water partition coefficient (Wildman–Crippen LogP) is 3.85. The molecule has 0 radical (unpaired) electrons. The number of halogens is 2. The molecule has 2 N–H and O–H groups in total. The number of aromatic nitrogens is 3. The second-order valence-corrected chi connectivity index (χ2v) is 5.27. The minimum absolute atomic E-state index is 0.137. The van der Waals surface area contributed by atoms with E-state index in [1.807, 2.05) is 6.92 Å². The lowest BCUT2D eigenvalue weighted by atomic mass is 10.3. The topological polar surface area (TPSA) is 106 Å². The van der Waals surface area contributed by atoms with E-state index in [0.29, 0.717) is 5.82 Å². The molecule has 3 aromatic rings. The lowest BCUT2D eigenvalue weighted by Gasteiger charge is -2.10. The average Bonchev–Trinajstić information content (AvgIpc) is 2.58. The third-order valence-corrected chi connectivity index (χ3v) is 3.35. The molecule has 0 spiro atoms. The molecule has 0 aliphatic carbocycles. The number of nitrogens with zero attached hydrogens (tertiary/aromatic N) is 4. The fourth-order valence-corrected chi connectivity index (χ4v) is 2.18. The lowest BCUT2D eigenvalue weighted by Crippen LogP contribution is -2.07. The summed E-state index contributed by atoms with van der Waals surface area (Å²) in [5.74, 6) is -1.57. The van der Waals surface area contributed by atoms with Gasteiger partial charge in [-0.15, -0.1) is 0 Å². The first-order chi connectivity index (χ1) is 12.4. The van der Waals surface area contributed by atoms with Crippen molar-refractivity contribution in [1.82, 2.24) is 15.0 Å². The van der Waals surface area contributed by atoms with Crippen molar-refractivity contribution in [3.05, 3.63) is 70.2 Å². The summed E-state index contributed by atoms with van der Waals surface area (Å²) >= 11 is 0. The van der Waals surface area contributed by atoms with Crippen LogP contribution in [-0.4, -0.2) is 19.9 Å². The van der Waals surface area contributed by atoms with Gasteiger partial charge < -0.3 is 10.6 Å². The minimum Gasteiger partial charge on any atom is -0.332 e. The first-order valence-electron chi connectivity index (χ1n) is 7.35. The number of aryl methyl sites for hydroxylation is 1. The number of hydrogen-bond donors (Lipinski definition) is 2. The highest BCUT2D eigenvalue weighted by Gasteiger charge is 2.24. The second-order valence-electron chi connectivity index (χ2n) is 5.27. The normalized spacial score (nSPS) is 10.4. The molecule has 0 saturated heterocycles. The van der Waals surface area contributed by atoms with Gasteiger partial charge in [0, 0.05) is 12.3 Å². The molecule has 132 valence electrons. The van der Waals surface area contributed by atoms with E-state index in [0.717, 1.165) is 30.1 Å². The third kappa shape index (κ3) is 3.69. The summed E-state index contributed by atoms with van der Waals surface area (Å²) in [5.41, 5.74) is 0.0743. The molecule has 1 aromatic carbocycles. The van der Waals surface area contributed by atoms with Crippen molar-refractivity contribution < 1.29 is 13.7 Å². The number of nitro groups is 1. The minimum atomic E-state index is -0.783. The summed E-state index contributed by atoms with van der Waals surface area (Å²) in [6, 6.07) is 6.15. The summed E-state index contributed by atoms with van der Waals surface area (Å²) in [6.07, 6.45) is 2.59. The van der Waals surface area contributed by atoms with Gasteiger partial charge in [-0.3, -0.25) is 10.1 Å². The molecule has 2 aromatic heterocycles. The van der Waals surface area contributed by atoms with Crippen LogP contribution in [0.25, 0.3) is 0 Å². The van der Waals surface area contributed by atoms with Crippen LogP contribution in [0.4, 0.5) is 37.6 Å². The fraction of sp³-hybridized carbons (Fsp3) is 0.0625. The van der Waals surface area contributed by atoms with Gasteiger partial charge in [0.15, 0.2) is 0 Å². The van der Waals surface area contributed by atoms with Crippen molar-refractivity contribution in [2.75, 3.05) is 10.6 Å². The average molecular weight is 358 g/mol. The van der Waals surface area contributed by atoms with Gasteiger partial charge >= 0.3 is 5.69 Å². The van der Waals surface area contributed by atoms with E-state index in [2.05, 4.69) is 25.6 Å². The Hall–Kier alpha value is -3.69. The van der Waals surface area contributed by atoms with Gasteiger partial charge in [0.1, 0.15) is 23.8 Å². The van der Waals surface area contributed by atoms with Crippen molar-refractivity contribution in [1.29, 1.82) is 0 Å². The predicted molar refractivity (Wildman–Crippen MR) is 90.6 cm³/mol. The number of hydrogen-bond acceptors (Lipinski definition) is 7. The SMILES string of the molecule is Cc1ccnc(Nc2ncnc(Nc3cc(F)ccc3F)c2[N+](=O)[O-])c1. The van der Waals surface area contributed by atoms with Crippen LogP contribution >= 0.6 is 0 Å². The first kappa shape index (κ1) is 17.1. The highest BCUT2D eigenvalue weighted by Crippen LogP contribution is 2.33. The van der Waals surface area contributed by atoms with E-state index >= 15 is 0 Å². The molecule has 0 atom stereocenters. The number of anilines is 4. The standard InChI is InChI=1S/C16H12F2N6O2/c1-9-4-5-19-13(6-9)23-16-14(24(25)26)15(20-8-21-16)22-12-7-10(17)2-3-11(12)18/h2-8H,1H3,(H2,19,20,21,22,23). The largest absolute Gasteiger partial charge is 0.353 e. The highest BCUT2D eigenvalue weighted by atomic mass is 19.1. The summed E-state index contributed by atoms with van der Waals surface area (Å²) in [5, 5.41) is 16.7. The molecule has 2 heterocycles. The van der Waals surface area contributed by atoms with Crippen LogP contribution in [0.3, 0.4) is 0 Å². The lowest BCUT2D eigenvalue weighted by molar-refractivity contribution is -0.383. The van der Waals surface area contributed by atoms with E-state index in [1.165, 1.54) is 6.20 Å². The molecule has 0 aliphatic heterocycles. The molecule has 0 unspecified atom stereocenters. The number of pyridine rings is 1. The van der Waals surface area contributed by atoms with E-state index in [-0.39, 0.29) is 17.3 Å². The van der Waals surface area contributed by atoms with Gasteiger partial charge in [0.05, 0.1) is 10.6 Å². The van der Waals surface area contributed by atoms with Crippen molar-refractivity contribution in [3.8, 4) is 0 Å². The van der Waals surface area contributed by atoms with Gasteiger partial charge in [0.25, 0.3) is 0 Å². The summed E-state index contributed by atoms with van der Waals surface area (Å²) < 4.78 is 27.1. The van der Waals surface area contributed by atoms with Crippen LogP contribution in [0, 0.1) is 28.7 Å². The van der Waals surface area contributed by atoms with E-state index < -0.39 is 22.2 Å². The highest BCUT2D eigenvalue weighted by molar-refractivity contribution is 5.76. The Balaban J connectivity index is 2.01. The molecule has 3 rings (SSSR count). The molecule has 0 saturated carbocycles. The molecule has 0 amide bonds. The summed E-state index contributed by atoms with van der Waals surface area (Å²) in [4.78, 5) is 22.5. The number of benzene rings is 1. The van der Waals surface area contributed by atoms with Crippen LogP contribution in [0.2, 0.25) is 0 Å². The zero-order valence-corrected chi connectivity index (χ0v) is 13.4. The third-order valence-electron chi connectivity index (χ3n) is 3.35. The molecule has 0 fully saturated rings. The van der Waals surface area contributed by atoms with Gasteiger partial charge in [-0.2, -0.15) is 0 Å². The van der Waals surface area contributed by atoms with Crippen molar-refractivity contribution in [2.24, 2.45) is 0 Å². The van der Waals surface area contributed by atoms with E-state index in [1.54, 1.807) is 12.1 Å². The zero-order valence-electron chi connectivity index (χ0n) is 13.4. The van der Waals surface area contributed by atoms with Crippen molar-refractivity contribution in [3.63, 3.8) is 0 Å². The molecule has 0 aliphatic rings.